The van der Waals surface area contributed by atoms with Gasteiger partial charge in [0.2, 0.25) is 0 Å². The van der Waals surface area contributed by atoms with Crippen molar-refractivity contribution in [3.8, 4) is 29.1 Å². The summed E-state index contributed by atoms with van der Waals surface area (Å²) >= 11 is 12.9. The SMILES string of the molecule is COc1ccc(NC(=O)/C(C#N)=C\c2cc(Cl)c(OCc3ccc(OCc4ccccc4)c(OC)c3)c(Cl)c2)cc1. The van der Waals surface area contributed by atoms with Crippen molar-refractivity contribution in [3.63, 3.8) is 0 Å². The first-order chi connectivity index (χ1) is 19.9. The second kappa shape index (κ2) is 14.1. The predicted octanol–water partition coefficient (Wildman–Crippen LogP) is 7.71. The lowest BCUT2D eigenvalue weighted by Gasteiger charge is -2.14. The van der Waals surface area contributed by atoms with Crippen LogP contribution in [0.25, 0.3) is 6.08 Å². The van der Waals surface area contributed by atoms with Crippen molar-refractivity contribution in [2.45, 2.75) is 13.2 Å². The van der Waals surface area contributed by atoms with Crippen molar-refractivity contribution in [3.05, 3.63) is 117 Å². The Balaban J connectivity index is 1.42. The molecule has 0 saturated carbocycles. The minimum Gasteiger partial charge on any atom is -0.497 e. The van der Waals surface area contributed by atoms with E-state index in [1.165, 1.54) is 6.08 Å². The molecule has 4 rings (SSSR count). The van der Waals surface area contributed by atoms with Gasteiger partial charge in [-0.15, -0.1) is 0 Å². The Morgan fingerprint density at radius 3 is 2.15 bits per heavy atom. The second-order valence-electron chi connectivity index (χ2n) is 8.71. The summed E-state index contributed by atoms with van der Waals surface area (Å²) in [6.45, 7) is 0.577. The summed E-state index contributed by atoms with van der Waals surface area (Å²) in [4.78, 5) is 12.6. The molecule has 0 aliphatic carbocycles. The zero-order chi connectivity index (χ0) is 29.2. The van der Waals surface area contributed by atoms with E-state index >= 15 is 0 Å². The molecule has 4 aromatic carbocycles. The van der Waals surface area contributed by atoms with Crippen molar-refractivity contribution >= 4 is 40.9 Å². The average molecular weight is 589 g/mol. The summed E-state index contributed by atoms with van der Waals surface area (Å²) in [5.41, 5.74) is 2.72. The lowest BCUT2D eigenvalue weighted by molar-refractivity contribution is -0.112. The molecule has 0 spiro atoms. The van der Waals surface area contributed by atoms with Crippen LogP contribution in [0.15, 0.2) is 90.5 Å². The number of methoxy groups -OCH3 is 2. The van der Waals surface area contributed by atoms with Crippen molar-refractivity contribution in [1.29, 1.82) is 5.26 Å². The first kappa shape index (κ1) is 29.3. The summed E-state index contributed by atoms with van der Waals surface area (Å²) in [5.74, 6) is 1.52. The van der Waals surface area contributed by atoms with Gasteiger partial charge in [0.25, 0.3) is 5.91 Å². The number of hydrogen-bond acceptors (Lipinski definition) is 6. The summed E-state index contributed by atoms with van der Waals surface area (Å²) in [6.07, 6.45) is 1.40. The van der Waals surface area contributed by atoms with Crippen LogP contribution in [0.5, 0.6) is 23.0 Å². The number of halogens is 2. The van der Waals surface area contributed by atoms with Gasteiger partial charge in [-0.2, -0.15) is 5.26 Å². The van der Waals surface area contributed by atoms with Gasteiger partial charge in [-0.25, -0.2) is 0 Å². The number of ether oxygens (including phenoxy) is 4. The molecule has 0 saturated heterocycles. The van der Waals surface area contributed by atoms with Gasteiger partial charge < -0.3 is 24.3 Å². The maximum atomic E-state index is 12.6. The molecule has 0 atom stereocenters. The number of amides is 1. The molecule has 4 aromatic rings. The molecule has 208 valence electrons. The third kappa shape index (κ3) is 7.95. The van der Waals surface area contributed by atoms with Crippen molar-refractivity contribution < 1.29 is 23.7 Å². The van der Waals surface area contributed by atoms with Crippen LogP contribution in [0, 0.1) is 11.3 Å². The van der Waals surface area contributed by atoms with E-state index in [1.807, 2.05) is 54.6 Å². The third-order valence-electron chi connectivity index (χ3n) is 5.89. The number of hydrogen-bond donors (Lipinski definition) is 1. The number of carbonyl (C=O) groups excluding carboxylic acids is 1. The highest BCUT2D eigenvalue weighted by Crippen LogP contribution is 2.36. The van der Waals surface area contributed by atoms with Gasteiger partial charge in [0.05, 0.1) is 24.3 Å². The lowest BCUT2D eigenvalue weighted by atomic mass is 10.1. The fraction of sp³-hybridized carbons (Fsp3) is 0.125. The van der Waals surface area contributed by atoms with E-state index in [9.17, 15) is 10.1 Å². The number of nitriles is 1. The number of nitrogens with one attached hydrogen (secondary N) is 1. The number of nitrogens with zero attached hydrogens (tertiary/aromatic N) is 1. The van der Waals surface area contributed by atoms with Gasteiger partial charge in [-0.05, 0) is 71.3 Å². The number of anilines is 1. The van der Waals surface area contributed by atoms with Gasteiger partial charge in [0.15, 0.2) is 17.2 Å². The maximum absolute atomic E-state index is 12.6. The topological polar surface area (TPSA) is 89.8 Å². The smallest absolute Gasteiger partial charge is 0.266 e. The molecule has 1 N–H and O–H groups in total. The van der Waals surface area contributed by atoms with Crippen LogP contribution in [-0.4, -0.2) is 20.1 Å². The molecular formula is C32H26Cl2N2O5. The molecule has 0 aromatic heterocycles. The fourth-order valence-electron chi connectivity index (χ4n) is 3.80. The van der Waals surface area contributed by atoms with E-state index in [1.54, 1.807) is 50.6 Å². The Hall–Kier alpha value is -4.64. The Morgan fingerprint density at radius 1 is 0.829 bits per heavy atom. The van der Waals surface area contributed by atoms with Crippen LogP contribution in [-0.2, 0) is 18.0 Å². The number of benzene rings is 4. The summed E-state index contributed by atoms with van der Waals surface area (Å²) in [5, 5.41) is 12.7. The quantitative estimate of drug-likeness (QED) is 0.142. The van der Waals surface area contributed by atoms with Crippen molar-refractivity contribution in [1.82, 2.24) is 0 Å². The standard InChI is InChI=1S/C32H26Cl2N2O5/c1-38-26-11-9-25(10-12-26)36-32(37)24(18-35)14-23-15-27(33)31(28(34)16-23)41-20-22-8-13-29(30(17-22)39-2)40-19-21-6-4-3-5-7-21/h3-17H,19-20H2,1-2H3,(H,36,37)/b24-14-. The molecule has 0 bridgehead atoms. The molecule has 0 aliphatic rings. The molecule has 0 fully saturated rings. The van der Waals surface area contributed by atoms with Crippen LogP contribution in [0.1, 0.15) is 16.7 Å². The molecule has 0 heterocycles. The Labute approximate surface area is 248 Å². The van der Waals surface area contributed by atoms with Crippen LogP contribution < -0.4 is 24.3 Å². The van der Waals surface area contributed by atoms with E-state index in [4.69, 9.17) is 42.1 Å². The monoisotopic (exact) mass is 588 g/mol. The fourth-order valence-corrected chi connectivity index (χ4v) is 4.41. The molecule has 0 aliphatic heterocycles. The zero-order valence-corrected chi connectivity index (χ0v) is 23.8. The number of rotatable bonds is 11. The van der Waals surface area contributed by atoms with E-state index in [0.29, 0.717) is 35.1 Å². The Kier molecular flexibility index (Phi) is 10.1. The molecule has 41 heavy (non-hydrogen) atoms. The third-order valence-corrected chi connectivity index (χ3v) is 6.45. The van der Waals surface area contributed by atoms with Crippen LogP contribution in [0.4, 0.5) is 5.69 Å². The van der Waals surface area contributed by atoms with E-state index in [2.05, 4.69) is 5.32 Å². The molecule has 7 nitrogen and oxygen atoms in total. The molecule has 9 heteroatoms. The molecular weight excluding hydrogens is 563 g/mol. The highest BCUT2D eigenvalue weighted by Gasteiger charge is 2.14. The minimum absolute atomic E-state index is 0.122. The minimum atomic E-state index is -0.574. The van der Waals surface area contributed by atoms with Crippen LogP contribution in [0.2, 0.25) is 10.0 Å². The van der Waals surface area contributed by atoms with E-state index < -0.39 is 5.91 Å². The van der Waals surface area contributed by atoms with E-state index in [0.717, 1.165) is 11.1 Å². The average Bonchev–Trinajstić information content (AvgIpc) is 2.99. The largest absolute Gasteiger partial charge is 0.497 e. The second-order valence-corrected chi connectivity index (χ2v) is 9.53. The first-order valence-electron chi connectivity index (χ1n) is 12.4. The van der Waals surface area contributed by atoms with Crippen molar-refractivity contribution in [2.24, 2.45) is 0 Å². The van der Waals surface area contributed by atoms with Crippen LogP contribution in [0.3, 0.4) is 0 Å². The highest BCUT2D eigenvalue weighted by molar-refractivity contribution is 6.37. The summed E-state index contributed by atoms with van der Waals surface area (Å²) in [6, 6.07) is 27.1. The predicted molar refractivity (Wildman–Crippen MR) is 160 cm³/mol. The first-order valence-corrected chi connectivity index (χ1v) is 13.2. The Bertz CT molecular complexity index is 1560. The van der Waals surface area contributed by atoms with Gasteiger partial charge >= 0.3 is 0 Å². The zero-order valence-electron chi connectivity index (χ0n) is 22.3. The lowest BCUT2D eigenvalue weighted by Crippen LogP contribution is -2.13. The van der Waals surface area contributed by atoms with Crippen molar-refractivity contribution in [2.75, 3.05) is 19.5 Å². The number of carbonyl (C=O) groups is 1. The molecule has 0 unspecified atom stereocenters. The summed E-state index contributed by atoms with van der Waals surface area (Å²) in [7, 11) is 3.12. The van der Waals surface area contributed by atoms with Gasteiger partial charge in [0.1, 0.15) is 30.6 Å². The van der Waals surface area contributed by atoms with Gasteiger partial charge in [-0.3, -0.25) is 4.79 Å². The molecule has 1 amide bonds. The summed E-state index contributed by atoms with van der Waals surface area (Å²) < 4.78 is 22.4. The normalized spacial score (nSPS) is 10.9. The van der Waals surface area contributed by atoms with Gasteiger partial charge in [-0.1, -0.05) is 59.6 Å². The van der Waals surface area contributed by atoms with E-state index in [-0.39, 0.29) is 28.0 Å². The maximum Gasteiger partial charge on any atom is 0.266 e. The van der Waals surface area contributed by atoms with Crippen LogP contribution >= 0.6 is 23.2 Å². The highest BCUT2D eigenvalue weighted by atomic mass is 35.5. The Morgan fingerprint density at radius 2 is 1.51 bits per heavy atom. The molecule has 0 radical (unpaired) electrons. The van der Waals surface area contributed by atoms with Gasteiger partial charge in [0, 0.05) is 5.69 Å².